The molecule has 3 aromatic rings. The Balaban J connectivity index is 1.58. The molecule has 1 aromatic heterocycles. The average Bonchev–Trinajstić information content (AvgIpc) is 2.61. The molecule has 0 atom stereocenters. The molecule has 3 heteroatoms. The Morgan fingerprint density at radius 3 is 2.61 bits per heavy atom. The monoisotopic (exact) mass is 306 g/mol. The Morgan fingerprint density at radius 1 is 0.957 bits per heavy atom. The number of benzene rings is 2. The van der Waals surface area contributed by atoms with Gasteiger partial charge < -0.3 is 10.1 Å². The summed E-state index contributed by atoms with van der Waals surface area (Å²) in [7, 11) is 0. The minimum atomic E-state index is 0.480. The van der Waals surface area contributed by atoms with Crippen LogP contribution in [-0.4, -0.2) is 11.5 Å². The second-order valence-corrected chi connectivity index (χ2v) is 5.59. The SMILES string of the molecule is CCCCNc1ccc(OCc2ccc3ccccc3n2)cc1. The summed E-state index contributed by atoms with van der Waals surface area (Å²) >= 11 is 0. The number of unbranched alkanes of at least 4 members (excludes halogenated alkanes) is 1. The van der Waals surface area contributed by atoms with Crippen LogP contribution < -0.4 is 10.1 Å². The molecule has 118 valence electrons. The molecule has 2 aromatic carbocycles. The molecule has 0 radical (unpaired) electrons. The fourth-order valence-corrected chi connectivity index (χ4v) is 2.42. The topological polar surface area (TPSA) is 34.1 Å². The van der Waals surface area contributed by atoms with Crippen LogP contribution in [0.1, 0.15) is 25.5 Å². The van der Waals surface area contributed by atoms with E-state index >= 15 is 0 Å². The van der Waals surface area contributed by atoms with Gasteiger partial charge in [0.2, 0.25) is 0 Å². The Labute approximate surface area is 137 Å². The van der Waals surface area contributed by atoms with Crippen LogP contribution in [0.15, 0.2) is 60.7 Å². The normalized spacial score (nSPS) is 10.7. The molecule has 0 saturated heterocycles. The zero-order chi connectivity index (χ0) is 15.9. The highest BCUT2D eigenvalue weighted by atomic mass is 16.5. The molecule has 0 aliphatic heterocycles. The van der Waals surface area contributed by atoms with E-state index in [0.29, 0.717) is 6.61 Å². The van der Waals surface area contributed by atoms with Crippen LogP contribution in [0.25, 0.3) is 10.9 Å². The summed E-state index contributed by atoms with van der Waals surface area (Å²) in [4.78, 5) is 4.62. The van der Waals surface area contributed by atoms with Gasteiger partial charge in [0.25, 0.3) is 0 Å². The van der Waals surface area contributed by atoms with Gasteiger partial charge in [-0.2, -0.15) is 0 Å². The van der Waals surface area contributed by atoms with Crippen LogP contribution in [-0.2, 0) is 6.61 Å². The minimum Gasteiger partial charge on any atom is -0.487 e. The highest BCUT2D eigenvalue weighted by Gasteiger charge is 2.00. The van der Waals surface area contributed by atoms with Crippen molar-refractivity contribution in [1.29, 1.82) is 0 Å². The lowest BCUT2D eigenvalue weighted by atomic mass is 10.2. The van der Waals surface area contributed by atoms with Crippen molar-refractivity contribution in [2.75, 3.05) is 11.9 Å². The van der Waals surface area contributed by atoms with Crippen LogP contribution in [0.4, 0.5) is 5.69 Å². The van der Waals surface area contributed by atoms with Gasteiger partial charge in [-0.05, 0) is 42.8 Å². The van der Waals surface area contributed by atoms with Crippen molar-refractivity contribution in [3.8, 4) is 5.75 Å². The second-order valence-electron chi connectivity index (χ2n) is 5.59. The third-order valence-corrected chi connectivity index (χ3v) is 3.76. The minimum absolute atomic E-state index is 0.480. The van der Waals surface area contributed by atoms with E-state index in [1.807, 2.05) is 36.4 Å². The van der Waals surface area contributed by atoms with E-state index < -0.39 is 0 Å². The number of rotatable bonds is 7. The van der Waals surface area contributed by atoms with Crippen molar-refractivity contribution >= 4 is 16.6 Å². The number of para-hydroxylation sites is 1. The molecule has 0 bridgehead atoms. The number of nitrogens with zero attached hydrogens (tertiary/aromatic N) is 1. The third-order valence-electron chi connectivity index (χ3n) is 3.76. The molecule has 0 saturated carbocycles. The Kier molecular flexibility index (Phi) is 5.09. The van der Waals surface area contributed by atoms with E-state index in [-0.39, 0.29) is 0 Å². The van der Waals surface area contributed by atoms with E-state index in [1.165, 1.54) is 12.8 Å². The van der Waals surface area contributed by atoms with Crippen molar-refractivity contribution in [3.63, 3.8) is 0 Å². The predicted octanol–water partition coefficient (Wildman–Crippen LogP) is 5.03. The van der Waals surface area contributed by atoms with Crippen molar-refractivity contribution < 1.29 is 4.74 Å². The summed E-state index contributed by atoms with van der Waals surface area (Å²) < 4.78 is 5.83. The molecule has 1 N–H and O–H groups in total. The van der Waals surface area contributed by atoms with Crippen LogP contribution >= 0.6 is 0 Å². The van der Waals surface area contributed by atoms with Gasteiger partial charge in [0.05, 0.1) is 11.2 Å². The first kappa shape index (κ1) is 15.3. The first-order valence-corrected chi connectivity index (χ1v) is 8.16. The van der Waals surface area contributed by atoms with Crippen LogP contribution in [0.2, 0.25) is 0 Å². The average molecular weight is 306 g/mol. The van der Waals surface area contributed by atoms with Gasteiger partial charge in [0.15, 0.2) is 0 Å². The fraction of sp³-hybridized carbons (Fsp3) is 0.250. The molecule has 0 aliphatic carbocycles. The number of nitrogens with one attached hydrogen (secondary N) is 1. The summed E-state index contributed by atoms with van der Waals surface area (Å²) in [6.45, 7) is 3.69. The zero-order valence-corrected chi connectivity index (χ0v) is 13.5. The van der Waals surface area contributed by atoms with Crippen LogP contribution in [0.3, 0.4) is 0 Å². The van der Waals surface area contributed by atoms with Gasteiger partial charge in [-0.1, -0.05) is 37.6 Å². The highest BCUT2D eigenvalue weighted by Crippen LogP contribution is 2.18. The maximum Gasteiger partial charge on any atom is 0.130 e. The smallest absolute Gasteiger partial charge is 0.130 e. The summed E-state index contributed by atoms with van der Waals surface area (Å²) in [6.07, 6.45) is 2.39. The van der Waals surface area contributed by atoms with Gasteiger partial charge in [-0.3, -0.25) is 0 Å². The van der Waals surface area contributed by atoms with Crippen molar-refractivity contribution in [2.45, 2.75) is 26.4 Å². The quantitative estimate of drug-likeness (QED) is 0.622. The summed E-state index contributed by atoms with van der Waals surface area (Å²) in [6, 6.07) is 20.3. The lowest BCUT2D eigenvalue weighted by Gasteiger charge is -2.09. The molecule has 3 nitrogen and oxygen atoms in total. The molecular weight excluding hydrogens is 284 g/mol. The first-order chi connectivity index (χ1) is 11.3. The van der Waals surface area contributed by atoms with E-state index in [0.717, 1.165) is 34.6 Å². The van der Waals surface area contributed by atoms with E-state index in [2.05, 4.69) is 41.5 Å². The number of aromatic nitrogens is 1. The lowest BCUT2D eigenvalue weighted by Crippen LogP contribution is -2.01. The van der Waals surface area contributed by atoms with E-state index in [1.54, 1.807) is 0 Å². The lowest BCUT2D eigenvalue weighted by molar-refractivity contribution is 0.302. The molecule has 3 rings (SSSR count). The molecule has 0 unspecified atom stereocenters. The number of hydrogen-bond acceptors (Lipinski definition) is 3. The summed E-state index contributed by atoms with van der Waals surface area (Å²) in [5.41, 5.74) is 3.08. The van der Waals surface area contributed by atoms with Gasteiger partial charge in [0.1, 0.15) is 12.4 Å². The Bertz CT molecular complexity index is 753. The first-order valence-electron chi connectivity index (χ1n) is 8.16. The van der Waals surface area contributed by atoms with E-state index in [9.17, 15) is 0 Å². The molecule has 0 aliphatic rings. The Hall–Kier alpha value is -2.55. The van der Waals surface area contributed by atoms with E-state index in [4.69, 9.17) is 4.74 Å². The molecular formula is C20H22N2O. The number of ether oxygens (including phenoxy) is 1. The zero-order valence-electron chi connectivity index (χ0n) is 13.5. The fourth-order valence-electron chi connectivity index (χ4n) is 2.42. The van der Waals surface area contributed by atoms with Gasteiger partial charge in [-0.25, -0.2) is 4.98 Å². The third kappa shape index (κ3) is 4.22. The molecule has 23 heavy (non-hydrogen) atoms. The number of anilines is 1. The van der Waals surface area contributed by atoms with Crippen molar-refractivity contribution in [1.82, 2.24) is 4.98 Å². The molecule has 0 fully saturated rings. The van der Waals surface area contributed by atoms with Gasteiger partial charge >= 0.3 is 0 Å². The number of pyridine rings is 1. The van der Waals surface area contributed by atoms with Gasteiger partial charge in [0, 0.05) is 17.6 Å². The molecule has 1 heterocycles. The van der Waals surface area contributed by atoms with Crippen molar-refractivity contribution in [3.05, 3.63) is 66.4 Å². The highest BCUT2D eigenvalue weighted by molar-refractivity contribution is 5.78. The van der Waals surface area contributed by atoms with Crippen molar-refractivity contribution in [2.24, 2.45) is 0 Å². The molecule has 0 spiro atoms. The summed E-state index contributed by atoms with van der Waals surface area (Å²) in [5, 5.41) is 4.55. The van der Waals surface area contributed by atoms with Crippen LogP contribution in [0, 0.1) is 0 Å². The summed E-state index contributed by atoms with van der Waals surface area (Å²) in [5.74, 6) is 0.862. The van der Waals surface area contributed by atoms with Crippen LogP contribution in [0.5, 0.6) is 5.75 Å². The van der Waals surface area contributed by atoms with Gasteiger partial charge in [-0.15, -0.1) is 0 Å². The standard InChI is InChI=1S/C20H22N2O/c1-2-3-14-21-17-10-12-19(13-11-17)23-15-18-9-8-16-6-4-5-7-20(16)22-18/h4-13,21H,2-3,14-15H2,1H3. The second kappa shape index (κ2) is 7.63. The molecule has 0 amide bonds. The largest absolute Gasteiger partial charge is 0.487 e. The Morgan fingerprint density at radius 2 is 1.78 bits per heavy atom. The maximum absolute atomic E-state index is 5.83. The number of hydrogen-bond donors (Lipinski definition) is 1. The predicted molar refractivity (Wildman–Crippen MR) is 95.9 cm³/mol. The number of fused-ring (bicyclic) bond motifs is 1. The maximum atomic E-state index is 5.83.